The van der Waals surface area contributed by atoms with Crippen molar-refractivity contribution in [2.24, 2.45) is 5.41 Å². The van der Waals surface area contributed by atoms with Crippen molar-refractivity contribution in [2.75, 3.05) is 20.6 Å². The smallest absolute Gasteiger partial charge is 0.0381 e. The van der Waals surface area contributed by atoms with Crippen LogP contribution in [0.2, 0.25) is 0 Å². The number of hydrogen-bond donors (Lipinski definition) is 1. The summed E-state index contributed by atoms with van der Waals surface area (Å²) in [4.78, 5) is 2.49. The first-order valence-electron chi connectivity index (χ1n) is 7.68. The van der Waals surface area contributed by atoms with Gasteiger partial charge in [-0.25, -0.2) is 0 Å². The molecule has 0 aliphatic carbocycles. The molecule has 0 aliphatic heterocycles. The van der Waals surface area contributed by atoms with Gasteiger partial charge in [0.2, 0.25) is 0 Å². The van der Waals surface area contributed by atoms with E-state index in [0.717, 1.165) is 13.0 Å². The Kier molecular flexibility index (Phi) is 5.79. The minimum Gasteiger partial charge on any atom is -0.313 e. The van der Waals surface area contributed by atoms with Crippen LogP contribution in [0.15, 0.2) is 30.3 Å². The van der Waals surface area contributed by atoms with E-state index in [4.69, 9.17) is 0 Å². The third-order valence-electron chi connectivity index (χ3n) is 4.75. The standard InChI is InChI=1S/C18H32N2/c1-8-18(4,5)20(7)14-17(2,3)16(19-6)15-12-10-9-11-13-15/h9-13,16,19H,8,14H2,1-7H3. The van der Waals surface area contributed by atoms with Gasteiger partial charge in [-0.3, -0.25) is 0 Å². The quantitative estimate of drug-likeness (QED) is 0.807. The minimum absolute atomic E-state index is 0.164. The number of benzene rings is 1. The Balaban J connectivity index is 2.91. The van der Waals surface area contributed by atoms with Gasteiger partial charge in [-0.15, -0.1) is 0 Å². The largest absolute Gasteiger partial charge is 0.313 e. The van der Waals surface area contributed by atoms with Crippen molar-refractivity contribution < 1.29 is 0 Å². The van der Waals surface area contributed by atoms with Crippen LogP contribution >= 0.6 is 0 Å². The van der Waals surface area contributed by atoms with E-state index >= 15 is 0 Å². The van der Waals surface area contributed by atoms with Crippen LogP contribution < -0.4 is 5.32 Å². The molecule has 1 unspecified atom stereocenters. The van der Waals surface area contributed by atoms with Crippen molar-refractivity contribution in [3.8, 4) is 0 Å². The number of rotatable bonds is 7. The Morgan fingerprint density at radius 2 is 1.65 bits per heavy atom. The summed E-state index contributed by atoms with van der Waals surface area (Å²) >= 11 is 0. The van der Waals surface area contributed by atoms with E-state index in [1.54, 1.807) is 0 Å². The molecule has 0 aliphatic rings. The molecular weight excluding hydrogens is 244 g/mol. The van der Waals surface area contributed by atoms with Crippen LogP contribution in [0.4, 0.5) is 0 Å². The molecule has 1 atom stereocenters. The lowest BCUT2D eigenvalue weighted by Gasteiger charge is -2.43. The van der Waals surface area contributed by atoms with E-state index < -0.39 is 0 Å². The third-order valence-corrected chi connectivity index (χ3v) is 4.75. The van der Waals surface area contributed by atoms with Gasteiger partial charge in [0.25, 0.3) is 0 Å². The molecular formula is C18H32N2. The first-order valence-corrected chi connectivity index (χ1v) is 7.68. The van der Waals surface area contributed by atoms with Crippen LogP contribution in [0.3, 0.4) is 0 Å². The predicted molar refractivity (Wildman–Crippen MR) is 89.0 cm³/mol. The van der Waals surface area contributed by atoms with Crippen LogP contribution in [0, 0.1) is 5.41 Å². The Bertz CT molecular complexity index is 395. The second kappa shape index (κ2) is 6.73. The summed E-state index contributed by atoms with van der Waals surface area (Å²) in [6, 6.07) is 11.1. The lowest BCUT2D eigenvalue weighted by molar-refractivity contribution is 0.0785. The highest BCUT2D eigenvalue weighted by Gasteiger charge is 2.34. The summed E-state index contributed by atoms with van der Waals surface area (Å²) in [5.74, 6) is 0. The molecule has 1 aromatic rings. The molecule has 1 aromatic carbocycles. The van der Waals surface area contributed by atoms with Crippen LogP contribution in [-0.4, -0.2) is 31.1 Å². The molecule has 2 heteroatoms. The molecule has 0 spiro atoms. The third kappa shape index (κ3) is 4.07. The SMILES string of the molecule is CCC(C)(C)N(C)CC(C)(C)C(NC)c1ccccc1. The van der Waals surface area contributed by atoms with Crippen molar-refractivity contribution in [2.45, 2.75) is 52.6 Å². The molecule has 1 N–H and O–H groups in total. The predicted octanol–water partition coefficient (Wildman–Crippen LogP) is 4.09. The van der Waals surface area contributed by atoms with Crippen molar-refractivity contribution >= 4 is 0 Å². The van der Waals surface area contributed by atoms with Crippen molar-refractivity contribution in [1.82, 2.24) is 10.2 Å². The summed E-state index contributed by atoms with van der Waals surface area (Å²) in [7, 11) is 4.30. The molecule has 1 rings (SSSR count). The zero-order valence-electron chi connectivity index (χ0n) is 14.3. The zero-order chi connectivity index (χ0) is 15.4. The number of hydrogen-bond acceptors (Lipinski definition) is 2. The van der Waals surface area contributed by atoms with Crippen LogP contribution in [0.25, 0.3) is 0 Å². The summed E-state index contributed by atoms with van der Waals surface area (Å²) < 4.78 is 0. The number of nitrogens with zero attached hydrogens (tertiary/aromatic N) is 1. The van der Waals surface area contributed by atoms with Gasteiger partial charge in [0.15, 0.2) is 0 Å². The maximum atomic E-state index is 3.51. The topological polar surface area (TPSA) is 15.3 Å². The fourth-order valence-corrected chi connectivity index (χ4v) is 2.84. The van der Waals surface area contributed by atoms with Gasteiger partial charge in [-0.05, 0) is 45.3 Å². The summed E-state index contributed by atoms with van der Waals surface area (Å²) in [6.07, 6.45) is 1.16. The Hall–Kier alpha value is -0.860. The van der Waals surface area contributed by atoms with E-state index in [-0.39, 0.29) is 11.0 Å². The highest BCUT2D eigenvalue weighted by Crippen LogP contribution is 2.35. The average Bonchev–Trinajstić information content (AvgIpc) is 2.39. The van der Waals surface area contributed by atoms with E-state index in [0.29, 0.717) is 6.04 Å². The zero-order valence-corrected chi connectivity index (χ0v) is 14.3. The first-order chi connectivity index (χ1) is 9.24. The van der Waals surface area contributed by atoms with E-state index in [2.05, 4.69) is 89.3 Å². The number of nitrogens with one attached hydrogen (secondary N) is 1. The van der Waals surface area contributed by atoms with Crippen molar-refractivity contribution in [3.63, 3.8) is 0 Å². The van der Waals surface area contributed by atoms with Gasteiger partial charge in [0.1, 0.15) is 0 Å². The van der Waals surface area contributed by atoms with Gasteiger partial charge in [0, 0.05) is 18.1 Å². The Morgan fingerprint density at radius 3 is 2.10 bits per heavy atom. The fraction of sp³-hybridized carbons (Fsp3) is 0.667. The molecule has 0 heterocycles. The molecule has 20 heavy (non-hydrogen) atoms. The van der Waals surface area contributed by atoms with Gasteiger partial charge in [0.05, 0.1) is 0 Å². The molecule has 0 saturated heterocycles. The minimum atomic E-state index is 0.164. The molecule has 114 valence electrons. The first kappa shape index (κ1) is 17.2. The molecule has 2 nitrogen and oxygen atoms in total. The van der Waals surface area contributed by atoms with Crippen molar-refractivity contribution in [3.05, 3.63) is 35.9 Å². The maximum absolute atomic E-state index is 3.51. The molecule has 0 amide bonds. The summed E-state index contributed by atoms with van der Waals surface area (Å²) in [6.45, 7) is 12.7. The van der Waals surface area contributed by atoms with Crippen molar-refractivity contribution in [1.29, 1.82) is 0 Å². The van der Waals surface area contributed by atoms with E-state index in [1.807, 2.05) is 0 Å². The van der Waals surface area contributed by atoms with Crippen LogP contribution in [0.1, 0.15) is 52.6 Å². The normalized spacial score (nSPS) is 14.6. The molecule has 0 saturated carbocycles. The van der Waals surface area contributed by atoms with E-state index in [1.165, 1.54) is 5.56 Å². The van der Waals surface area contributed by atoms with Gasteiger partial charge in [-0.1, -0.05) is 51.1 Å². The Morgan fingerprint density at radius 1 is 1.10 bits per heavy atom. The molecule has 0 bridgehead atoms. The van der Waals surface area contributed by atoms with Gasteiger partial charge >= 0.3 is 0 Å². The van der Waals surface area contributed by atoms with Crippen LogP contribution in [0.5, 0.6) is 0 Å². The second-order valence-corrected chi connectivity index (χ2v) is 7.14. The average molecular weight is 276 g/mol. The monoisotopic (exact) mass is 276 g/mol. The lowest BCUT2D eigenvalue weighted by Crippen LogP contribution is -2.48. The van der Waals surface area contributed by atoms with Gasteiger partial charge < -0.3 is 10.2 Å². The highest BCUT2D eigenvalue weighted by atomic mass is 15.2. The summed E-state index contributed by atoms with van der Waals surface area (Å²) in [5.41, 5.74) is 1.77. The summed E-state index contributed by atoms with van der Waals surface area (Å²) in [5, 5.41) is 3.51. The fourth-order valence-electron chi connectivity index (χ4n) is 2.84. The lowest BCUT2D eigenvalue weighted by atomic mass is 9.79. The maximum Gasteiger partial charge on any atom is 0.0381 e. The molecule has 0 fully saturated rings. The van der Waals surface area contributed by atoms with E-state index in [9.17, 15) is 0 Å². The molecule has 0 aromatic heterocycles. The highest BCUT2D eigenvalue weighted by molar-refractivity contribution is 5.21. The second-order valence-electron chi connectivity index (χ2n) is 7.14. The molecule has 0 radical (unpaired) electrons. The van der Waals surface area contributed by atoms with Crippen LogP contribution in [-0.2, 0) is 0 Å². The Labute approximate surface area is 125 Å². The van der Waals surface area contributed by atoms with Gasteiger partial charge in [-0.2, -0.15) is 0 Å².